The second-order valence-electron chi connectivity index (χ2n) is 4.81. The maximum atomic E-state index is 11.5. The van der Waals surface area contributed by atoms with E-state index < -0.39 is 4.92 Å². The third kappa shape index (κ3) is 4.40. The number of hydrogen-bond donors (Lipinski definition) is 2. The van der Waals surface area contributed by atoms with Crippen molar-refractivity contribution in [2.75, 3.05) is 19.7 Å². The smallest absolute Gasteiger partial charge is 0.274 e. The monoisotopic (exact) mass is 381 g/mol. The molecule has 0 atom stereocenters. The van der Waals surface area contributed by atoms with E-state index in [-0.39, 0.29) is 18.2 Å². The molecule has 0 saturated heterocycles. The van der Waals surface area contributed by atoms with Gasteiger partial charge < -0.3 is 15.8 Å². The van der Waals surface area contributed by atoms with Crippen LogP contribution >= 0.6 is 15.9 Å². The van der Waals surface area contributed by atoms with Crippen molar-refractivity contribution in [1.29, 1.82) is 0 Å². The highest BCUT2D eigenvalue weighted by Gasteiger charge is 2.14. The Bertz CT molecular complexity index is 736. The fourth-order valence-corrected chi connectivity index (χ4v) is 2.54. The number of rotatable bonds is 7. The molecular weight excluding hydrogens is 366 g/mol. The van der Waals surface area contributed by atoms with Gasteiger partial charge in [-0.05, 0) is 29.0 Å². The number of halogens is 1. The van der Waals surface area contributed by atoms with E-state index in [0.29, 0.717) is 29.7 Å². The summed E-state index contributed by atoms with van der Waals surface area (Å²) in [7, 11) is 0. The Morgan fingerprint density at radius 3 is 2.74 bits per heavy atom. The van der Waals surface area contributed by atoms with Crippen molar-refractivity contribution in [2.45, 2.75) is 5.33 Å². The maximum absolute atomic E-state index is 11.5. The van der Waals surface area contributed by atoms with Gasteiger partial charge in [0.2, 0.25) is 0 Å². The highest BCUT2D eigenvalue weighted by atomic mass is 79.9. The summed E-state index contributed by atoms with van der Waals surface area (Å²) in [5.74, 6) is 0.273. The van der Waals surface area contributed by atoms with Crippen molar-refractivity contribution in [3.63, 3.8) is 0 Å². The first-order chi connectivity index (χ1) is 11.0. The number of amides is 1. The minimum atomic E-state index is -0.401. The molecule has 2 aromatic rings. The van der Waals surface area contributed by atoms with E-state index in [9.17, 15) is 14.9 Å². The number of nitro groups is 1. The number of carbonyl (C=O) groups excluding carboxylic acids is 1. The third-order valence-electron chi connectivity index (χ3n) is 3.19. The van der Waals surface area contributed by atoms with Crippen LogP contribution in [0.5, 0.6) is 5.75 Å². The molecule has 0 saturated carbocycles. The first-order valence-corrected chi connectivity index (χ1v) is 8.04. The largest absolute Gasteiger partial charge is 0.484 e. The summed E-state index contributed by atoms with van der Waals surface area (Å²) in [5, 5.41) is 15.6. The molecule has 0 bridgehead atoms. The quantitative estimate of drug-likeness (QED) is 0.433. The molecule has 23 heavy (non-hydrogen) atoms. The molecule has 122 valence electrons. The first kappa shape index (κ1) is 17.2. The van der Waals surface area contributed by atoms with Gasteiger partial charge in [0.1, 0.15) is 5.75 Å². The average molecular weight is 382 g/mol. The number of hydrogen-bond acceptors (Lipinski definition) is 5. The van der Waals surface area contributed by atoms with Crippen molar-refractivity contribution >= 4 is 38.3 Å². The van der Waals surface area contributed by atoms with E-state index in [1.807, 2.05) is 0 Å². The summed E-state index contributed by atoms with van der Waals surface area (Å²) in [5.41, 5.74) is 5.96. The number of benzene rings is 2. The Morgan fingerprint density at radius 2 is 2.09 bits per heavy atom. The molecule has 0 aliphatic rings. The molecule has 7 nitrogen and oxygen atoms in total. The van der Waals surface area contributed by atoms with Gasteiger partial charge in [-0.25, -0.2) is 0 Å². The summed E-state index contributed by atoms with van der Waals surface area (Å²) in [6.07, 6.45) is 0. The molecule has 3 N–H and O–H groups in total. The predicted octanol–water partition coefficient (Wildman–Crippen LogP) is 2.10. The van der Waals surface area contributed by atoms with Crippen LogP contribution in [0.4, 0.5) is 5.69 Å². The number of nitrogens with zero attached hydrogens (tertiary/aromatic N) is 1. The highest BCUT2D eigenvalue weighted by molar-refractivity contribution is 9.08. The molecule has 0 radical (unpaired) electrons. The van der Waals surface area contributed by atoms with Crippen LogP contribution < -0.4 is 15.8 Å². The van der Waals surface area contributed by atoms with Crippen molar-refractivity contribution < 1.29 is 14.5 Å². The Labute approximate surface area is 141 Å². The summed E-state index contributed by atoms with van der Waals surface area (Å²) in [4.78, 5) is 22.1. The Hall–Kier alpha value is -2.19. The predicted molar refractivity (Wildman–Crippen MR) is 90.8 cm³/mol. The van der Waals surface area contributed by atoms with E-state index in [1.54, 1.807) is 24.3 Å². The molecule has 8 heteroatoms. The van der Waals surface area contributed by atoms with E-state index in [4.69, 9.17) is 10.5 Å². The topological polar surface area (TPSA) is 107 Å². The molecular formula is C15H16BrN3O4. The molecule has 0 aliphatic heterocycles. The number of nitrogens with one attached hydrogen (secondary N) is 1. The van der Waals surface area contributed by atoms with Gasteiger partial charge in [0.25, 0.3) is 11.6 Å². The maximum Gasteiger partial charge on any atom is 0.274 e. The highest BCUT2D eigenvalue weighted by Crippen LogP contribution is 2.29. The average Bonchev–Trinajstić information content (AvgIpc) is 2.56. The van der Waals surface area contributed by atoms with Crippen LogP contribution in [0.25, 0.3) is 10.8 Å². The molecule has 0 aliphatic carbocycles. The number of carbonyl (C=O) groups is 1. The Balaban J connectivity index is 2.20. The fraction of sp³-hybridized carbons (Fsp3) is 0.267. The molecule has 2 aromatic carbocycles. The summed E-state index contributed by atoms with van der Waals surface area (Å²) < 4.78 is 5.43. The van der Waals surface area contributed by atoms with Crippen molar-refractivity contribution in [3.8, 4) is 5.75 Å². The minimum Gasteiger partial charge on any atom is -0.484 e. The Kier molecular flexibility index (Phi) is 5.89. The molecule has 0 aromatic heterocycles. The van der Waals surface area contributed by atoms with Gasteiger partial charge in [-0.1, -0.05) is 22.0 Å². The van der Waals surface area contributed by atoms with Crippen LogP contribution in [0.1, 0.15) is 5.56 Å². The zero-order valence-electron chi connectivity index (χ0n) is 12.3. The number of nitro benzene ring substituents is 1. The molecule has 0 unspecified atom stereocenters. The zero-order valence-corrected chi connectivity index (χ0v) is 13.8. The van der Waals surface area contributed by atoms with Crippen LogP contribution in [-0.4, -0.2) is 30.5 Å². The second-order valence-corrected chi connectivity index (χ2v) is 5.37. The van der Waals surface area contributed by atoms with Crippen molar-refractivity contribution in [3.05, 3.63) is 46.0 Å². The van der Waals surface area contributed by atoms with Crippen LogP contribution in [-0.2, 0) is 10.1 Å². The lowest BCUT2D eigenvalue weighted by molar-refractivity contribution is -0.385. The molecule has 0 heterocycles. The van der Waals surface area contributed by atoms with Gasteiger partial charge in [0, 0.05) is 30.0 Å². The second kappa shape index (κ2) is 7.89. The van der Waals surface area contributed by atoms with Crippen LogP contribution in [0.2, 0.25) is 0 Å². The van der Waals surface area contributed by atoms with E-state index in [1.165, 1.54) is 6.07 Å². The lowest BCUT2D eigenvalue weighted by Crippen LogP contribution is -2.32. The van der Waals surface area contributed by atoms with E-state index >= 15 is 0 Å². The van der Waals surface area contributed by atoms with Crippen molar-refractivity contribution in [1.82, 2.24) is 5.32 Å². The number of fused-ring (bicyclic) bond motifs is 1. The SMILES string of the molecule is NCCNC(=O)COc1ccc2cc([N+](=O)[O-])c(CBr)cc2c1. The molecule has 1 amide bonds. The molecule has 2 rings (SSSR count). The normalized spacial score (nSPS) is 10.5. The number of alkyl halides is 1. The van der Waals surface area contributed by atoms with Crippen LogP contribution in [0.15, 0.2) is 30.3 Å². The van der Waals surface area contributed by atoms with Gasteiger partial charge in [0.05, 0.1) is 4.92 Å². The molecule has 0 fully saturated rings. The third-order valence-corrected chi connectivity index (χ3v) is 3.79. The van der Waals surface area contributed by atoms with Gasteiger partial charge in [-0.3, -0.25) is 14.9 Å². The summed E-state index contributed by atoms with van der Waals surface area (Å²) in [6, 6.07) is 8.43. The molecule has 0 spiro atoms. The van der Waals surface area contributed by atoms with Gasteiger partial charge in [0.15, 0.2) is 6.61 Å². The van der Waals surface area contributed by atoms with Gasteiger partial charge >= 0.3 is 0 Å². The van der Waals surface area contributed by atoms with Crippen LogP contribution in [0, 0.1) is 10.1 Å². The van der Waals surface area contributed by atoms with Gasteiger partial charge in [-0.15, -0.1) is 0 Å². The number of ether oxygens (including phenoxy) is 1. The lowest BCUT2D eigenvalue weighted by Gasteiger charge is -2.08. The fourth-order valence-electron chi connectivity index (χ4n) is 2.09. The summed E-state index contributed by atoms with van der Waals surface area (Å²) >= 11 is 3.26. The van der Waals surface area contributed by atoms with Gasteiger partial charge in [-0.2, -0.15) is 0 Å². The number of nitrogens with two attached hydrogens (primary N) is 1. The lowest BCUT2D eigenvalue weighted by atomic mass is 10.1. The Morgan fingerprint density at radius 1 is 1.30 bits per heavy atom. The van der Waals surface area contributed by atoms with E-state index in [2.05, 4.69) is 21.2 Å². The minimum absolute atomic E-state index is 0.0733. The standard InChI is InChI=1S/C15H16BrN3O4/c16-8-12-5-11-6-13(23-9-15(20)18-4-3-17)2-1-10(11)7-14(12)19(21)22/h1-2,5-7H,3-4,8-9,17H2,(H,18,20). The van der Waals surface area contributed by atoms with Crippen molar-refractivity contribution in [2.24, 2.45) is 5.73 Å². The zero-order chi connectivity index (χ0) is 16.8. The summed E-state index contributed by atoms with van der Waals surface area (Å²) in [6.45, 7) is 0.664. The van der Waals surface area contributed by atoms with Crippen LogP contribution in [0.3, 0.4) is 0 Å². The van der Waals surface area contributed by atoms with E-state index in [0.717, 1.165) is 10.8 Å². The first-order valence-electron chi connectivity index (χ1n) is 6.91.